The lowest BCUT2D eigenvalue weighted by Gasteiger charge is -2.32. The molecule has 0 unspecified atom stereocenters. The van der Waals surface area contributed by atoms with Crippen molar-refractivity contribution in [3.05, 3.63) is 77.2 Å². The summed E-state index contributed by atoms with van der Waals surface area (Å²) in [4.78, 5) is 18.9. The first-order valence-electron chi connectivity index (χ1n) is 12.5. The third kappa shape index (κ3) is 4.55. The van der Waals surface area contributed by atoms with Gasteiger partial charge < -0.3 is 14.4 Å². The Kier molecular flexibility index (Phi) is 6.73. The van der Waals surface area contributed by atoms with Gasteiger partial charge in [0, 0.05) is 35.7 Å². The molecule has 2 aromatic carbocycles. The van der Waals surface area contributed by atoms with E-state index >= 15 is 8.78 Å². The molecule has 7 nitrogen and oxygen atoms in total. The lowest BCUT2D eigenvalue weighted by molar-refractivity contribution is 0.0555. The lowest BCUT2D eigenvalue weighted by Crippen LogP contribution is -2.45. The number of benzene rings is 2. The van der Waals surface area contributed by atoms with E-state index < -0.39 is 17.0 Å². The van der Waals surface area contributed by atoms with E-state index in [2.05, 4.69) is 10.1 Å². The molecule has 1 aliphatic heterocycles. The summed E-state index contributed by atoms with van der Waals surface area (Å²) in [6.45, 7) is 4.48. The van der Waals surface area contributed by atoms with Crippen molar-refractivity contribution in [3.8, 4) is 16.9 Å². The highest BCUT2D eigenvalue weighted by atomic mass is 19.1. The zero-order chi connectivity index (χ0) is 27.2. The van der Waals surface area contributed by atoms with Crippen molar-refractivity contribution in [2.75, 3.05) is 13.2 Å². The molecule has 0 saturated carbocycles. The molecule has 5 rings (SSSR count). The van der Waals surface area contributed by atoms with Crippen LogP contribution in [-0.4, -0.2) is 60.6 Å². The number of halogens is 2. The molecule has 3 heterocycles. The fourth-order valence-electron chi connectivity index (χ4n) is 4.93. The predicted octanol–water partition coefficient (Wildman–Crippen LogP) is 2.75. The van der Waals surface area contributed by atoms with Crippen molar-refractivity contribution in [2.24, 2.45) is 7.05 Å². The second kappa shape index (κ2) is 9.87. The van der Waals surface area contributed by atoms with Crippen molar-refractivity contribution in [1.29, 1.82) is 0 Å². The van der Waals surface area contributed by atoms with E-state index in [4.69, 9.17) is 9.47 Å². The van der Waals surface area contributed by atoms with Crippen LogP contribution in [0.2, 0.25) is 0 Å². The number of ether oxygens (including phenoxy) is 2. The molecule has 0 N–H and O–H groups in total. The largest absolute Gasteiger partial charge is 0.489 e. The Morgan fingerprint density at radius 3 is 2.50 bits per heavy atom. The Hall–Kier alpha value is -3.72. The van der Waals surface area contributed by atoms with Crippen LogP contribution < -0.4 is 4.74 Å². The maximum atomic E-state index is 15.5. The summed E-state index contributed by atoms with van der Waals surface area (Å²) < 4.78 is 44.0. The average molecular weight is 516 g/mol. The van der Waals surface area contributed by atoms with Crippen LogP contribution in [0.4, 0.5) is 8.78 Å². The topological polar surface area (TPSA) is 69.5 Å². The highest BCUT2D eigenvalue weighted by molar-refractivity contribution is 6.42. The second-order valence-electron chi connectivity index (χ2n) is 10.2. The van der Waals surface area contributed by atoms with Gasteiger partial charge >= 0.3 is 0 Å². The molecule has 0 radical (unpaired) electrons. The quantitative estimate of drug-likeness (QED) is 0.266. The van der Waals surface area contributed by atoms with Crippen LogP contribution in [0.25, 0.3) is 22.0 Å². The zero-order valence-electron chi connectivity index (χ0n) is 22.1. The molecule has 0 spiro atoms. The lowest BCUT2D eigenvalue weighted by atomic mass is 9.59. The normalized spacial score (nSPS) is 14.5. The Morgan fingerprint density at radius 2 is 1.82 bits per heavy atom. The number of hydrogen-bond donors (Lipinski definition) is 0. The molecule has 0 saturated heterocycles. The van der Waals surface area contributed by atoms with Crippen LogP contribution in [0, 0.1) is 11.6 Å². The number of nitrogens with zero attached hydrogens (tertiary/aromatic N) is 4. The van der Waals surface area contributed by atoms with Crippen LogP contribution in [0.1, 0.15) is 35.5 Å². The maximum absolute atomic E-state index is 15.5. The first-order chi connectivity index (χ1) is 18.1. The Morgan fingerprint density at radius 1 is 1.08 bits per heavy atom. The van der Waals surface area contributed by atoms with E-state index in [9.17, 15) is 4.79 Å². The Balaban J connectivity index is 1.45. The highest BCUT2D eigenvalue weighted by Crippen LogP contribution is 2.37. The maximum Gasteiger partial charge on any atom is 0.255 e. The minimum absolute atomic E-state index is 0.102. The van der Waals surface area contributed by atoms with Crippen molar-refractivity contribution < 1.29 is 23.0 Å². The molecular formula is C27H28B2F2N4O3. The van der Waals surface area contributed by atoms with Crippen LogP contribution in [0.5, 0.6) is 5.75 Å². The van der Waals surface area contributed by atoms with Crippen molar-refractivity contribution in [1.82, 2.24) is 19.7 Å². The highest BCUT2D eigenvalue weighted by Gasteiger charge is 2.44. The van der Waals surface area contributed by atoms with E-state index in [0.29, 0.717) is 52.3 Å². The minimum Gasteiger partial charge on any atom is -0.489 e. The Bertz CT molecular complexity index is 1520. The van der Waals surface area contributed by atoms with Crippen molar-refractivity contribution >= 4 is 32.5 Å². The van der Waals surface area contributed by atoms with Gasteiger partial charge in [0.2, 0.25) is 0 Å². The van der Waals surface area contributed by atoms with Crippen LogP contribution in [-0.2, 0) is 23.7 Å². The minimum atomic E-state index is -0.802. The molecule has 0 atom stereocenters. The molecular weight excluding hydrogens is 488 g/mol. The zero-order valence-corrected chi connectivity index (χ0v) is 22.1. The number of carbonyl (C=O) groups is 1. The third-order valence-corrected chi connectivity index (χ3v) is 6.85. The standard InChI is InChI=1S/C27H28B2F2N4O3/c1-15(2)37-9-10-38-23-7-6-17(19-13-34(3)33-24(19)23)16-11-21(30)20(22(31)12-16)14-35-26(36)18-5-4-8-32-25(18)27(35,28)29/h4-8,11-13,15H,9-10,14,28-29H2,1-3H3. The summed E-state index contributed by atoms with van der Waals surface area (Å²) in [6.07, 6.45) is 3.51. The van der Waals surface area contributed by atoms with E-state index in [1.165, 1.54) is 17.0 Å². The van der Waals surface area contributed by atoms with E-state index in [-0.39, 0.29) is 24.1 Å². The molecule has 1 amide bonds. The van der Waals surface area contributed by atoms with Crippen LogP contribution >= 0.6 is 0 Å². The van der Waals surface area contributed by atoms with Crippen LogP contribution in [0.3, 0.4) is 0 Å². The van der Waals surface area contributed by atoms with Gasteiger partial charge in [0.05, 0.1) is 30.5 Å². The number of pyridine rings is 1. The summed E-state index contributed by atoms with van der Waals surface area (Å²) in [5.41, 5.74) is 2.46. The van der Waals surface area contributed by atoms with E-state index in [1.54, 1.807) is 48.4 Å². The number of hydrogen-bond acceptors (Lipinski definition) is 5. The number of fused-ring (bicyclic) bond motifs is 2. The van der Waals surface area contributed by atoms with E-state index in [1.807, 2.05) is 29.5 Å². The van der Waals surface area contributed by atoms with Gasteiger partial charge in [-0.1, -0.05) is 0 Å². The van der Waals surface area contributed by atoms with Gasteiger partial charge in [0.25, 0.3) is 5.91 Å². The van der Waals surface area contributed by atoms with Gasteiger partial charge in [-0.25, -0.2) is 8.78 Å². The molecule has 0 fully saturated rings. The van der Waals surface area contributed by atoms with Gasteiger partial charge in [-0.2, -0.15) is 5.10 Å². The SMILES string of the molecule is BC1(B)c2ncccc2C(=O)N1Cc1c(F)cc(-c2ccc(OCCOC(C)C)c3nn(C)cc23)cc1F. The van der Waals surface area contributed by atoms with Gasteiger partial charge in [-0.3, -0.25) is 14.5 Å². The number of aryl methyl sites for hydroxylation is 1. The van der Waals surface area contributed by atoms with Gasteiger partial charge in [-0.15, -0.1) is 0 Å². The van der Waals surface area contributed by atoms with Crippen LogP contribution in [0.15, 0.2) is 48.8 Å². The summed E-state index contributed by atoms with van der Waals surface area (Å²) in [5.74, 6) is -1.18. The van der Waals surface area contributed by atoms with Crippen molar-refractivity contribution in [3.63, 3.8) is 0 Å². The number of aromatic nitrogens is 3. The molecule has 2 aromatic heterocycles. The number of carbonyl (C=O) groups excluding carboxylic acids is 1. The van der Waals surface area contributed by atoms with E-state index in [0.717, 1.165) is 0 Å². The third-order valence-electron chi connectivity index (χ3n) is 6.85. The number of amides is 1. The predicted molar refractivity (Wildman–Crippen MR) is 146 cm³/mol. The van der Waals surface area contributed by atoms with Gasteiger partial charge in [0.15, 0.2) is 0 Å². The Labute approximate surface area is 221 Å². The molecule has 11 heteroatoms. The molecule has 0 aliphatic carbocycles. The second-order valence-corrected chi connectivity index (χ2v) is 10.2. The van der Waals surface area contributed by atoms with Gasteiger partial charge in [-0.05, 0) is 61.4 Å². The summed E-state index contributed by atoms with van der Waals surface area (Å²) in [5, 5.41) is 4.41. The molecule has 194 valence electrons. The fourth-order valence-corrected chi connectivity index (χ4v) is 4.93. The van der Waals surface area contributed by atoms with Gasteiger partial charge in [0.1, 0.15) is 45.2 Å². The molecule has 4 aromatic rings. The first-order valence-corrected chi connectivity index (χ1v) is 12.5. The first kappa shape index (κ1) is 25.9. The number of rotatable bonds is 8. The molecule has 1 aliphatic rings. The molecule has 38 heavy (non-hydrogen) atoms. The summed E-state index contributed by atoms with van der Waals surface area (Å²) in [6, 6.07) is 9.49. The fraction of sp³-hybridized carbons (Fsp3) is 0.296. The molecule has 0 bridgehead atoms. The average Bonchev–Trinajstić information content (AvgIpc) is 3.34. The summed E-state index contributed by atoms with van der Waals surface area (Å²) >= 11 is 0. The smallest absolute Gasteiger partial charge is 0.255 e. The van der Waals surface area contributed by atoms with Crippen molar-refractivity contribution in [2.45, 2.75) is 31.8 Å². The summed E-state index contributed by atoms with van der Waals surface area (Å²) in [7, 11) is 5.43. The monoisotopic (exact) mass is 516 g/mol.